The molecule has 17 heavy (non-hydrogen) atoms. The average Bonchev–Trinajstić information content (AvgIpc) is 2.35. The normalized spacial score (nSPS) is 14.0. The van der Waals surface area contributed by atoms with Crippen molar-refractivity contribution < 1.29 is 4.74 Å². The number of benzene rings is 1. The second kappa shape index (κ2) is 3.58. The fourth-order valence-corrected chi connectivity index (χ4v) is 2.52. The van der Waals surface area contributed by atoms with E-state index < -0.39 is 0 Å². The lowest BCUT2D eigenvalue weighted by atomic mass is 10.0. The molecule has 0 saturated carbocycles. The molecule has 1 aliphatic rings. The molecule has 4 nitrogen and oxygen atoms in total. The molecule has 0 atom stereocenters. The number of rotatable bonds is 1. The predicted molar refractivity (Wildman–Crippen MR) is 65.6 cm³/mol. The highest BCUT2D eigenvalue weighted by Crippen LogP contribution is 2.27. The highest BCUT2D eigenvalue weighted by molar-refractivity contribution is 5.81. The second-order valence-corrected chi connectivity index (χ2v) is 4.41. The molecule has 4 heteroatoms. The number of hydrogen-bond acceptors (Lipinski definition) is 3. The molecule has 0 spiro atoms. The monoisotopic (exact) mass is 230 g/mol. The van der Waals surface area contributed by atoms with Crippen LogP contribution in [0.3, 0.4) is 0 Å². The highest BCUT2D eigenvalue weighted by Gasteiger charge is 2.17. The van der Waals surface area contributed by atoms with Gasteiger partial charge in [-0.2, -0.15) is 0 Å². The zero-order valence-corrected chi connectivity index (χ0v) is 9.99. The Morgan fingerprint density at radius 3 is 3.00 bits per heavy atom. The van der Waals surface area contributed by atoms with Gasteiger partial charge in [-0.1, -0.05) is 0 Å². The predicted octanol–water partition coefficient (Wildman–Crippen LogP) is 1.66. The number of ether oxygens (including phenoxy) is 1. The molecule has 0 aliphatic carbocycles. The van der Waals surface area contributed by atoms with Gasteiger partial charge in [0.1, 0.15) is 11.4 Å². The molecule has 1 aromatic carbocycles. The summed E-state index contributed by atoms with van der Waals surface area (Å²) >= 11 is 0. The number of aryl methyl sites for hydroxylation is 3. The molecule has 2 aromatic rings. The Labute approximate surface area is 98.9 Å². The topological polar surface area (TPSA) is 44.1 Å². The van der Waals surface area contributed by atoms with Gasteiger partial charge in [0.2, 0.25) is 0 Å². The maximum absolute atomic E-state index is 12.0. The van der Waals surface area contributed by atoms with Crippen molar-refractivity contribution in [3.8, 4) is 5.75 Å². The summed E-state index contributed by atoms with van der Waals surface area (Å²) in [5, 5.41) is 0. The van der Waals surface area contributed by atoms with Crippen molar-refractivity contribution in [3.05, 3.63) is 33.7 Å². The van der Waals surface area contributed by atoms with Gasteiger partial charge >= 0.3 is 0 Å². The zero-order chi connectivity index (χ0) is 12.0. The van der Waals surface area contributed by atoms with E-state index in [9.17, 15) is 4.79 Å². The molecular formula is C13H14N2O2. The fourth-order valence-electron chi connectivity index (χ4n) is 2.52. The summed E-state index contributed by atoms with van der Waals surface area (Å²) in [6.07, 6.45) is 1.98. The summed E-state index contributed by atoms with van der Waals surface area (Å²) in [6.45, 7) is 2.55. The van der Waals surface area contributed by atoms with Crippen LogP contribution in [0.4, 0.5) is 0 Å². The molecule has 2 heterocycles. The minimum atomic E-state index is 0.0311. The quantitative estimate of drug-likeness (QED) is 0.748. The minimum absolute atomic E-state index is 0.0311. The first-order chi connectivity index (χ1) is 8.20. The Kier molecular flexibility index (Phi) is 2.18. The van der Waals surface area contributed by atoms with E-state index >= 15 is 0 Å². The molecule has 3 rings (SSSR count). The Morgan fingerprint density at radius 2 is 2.24 bits per heavy atom. The van der Waals surface area contributed by atoms with Crippen molar-refractivity contribution in [1.82, 2.24) is 9.55 Å². The molecule has 0 saturated heterocycles. The first-order valence-corrected chi connectivity index (χ1v) is 5.79. The van der Waals surface area contributed by atoms with Crippen LogP contribution in [0.2, 0.25) is 0 Å². The standard InChI is InChI=1S/C13H14N2O2/c1-8-13(16)15-5-3-4-9-6-10(17-2)7-11(14-8)12(9)15/h6-7H,3-5H2,1-2H3. The molecule has 0 bridgehead atoms. The molecule has 0 N–H and O–H groups in total. The first-order valence-electron chi connectivity index (χ1n) is 5.79. The Balaban J connectivity index is 2.48. The van der Waals surface area contributed by atoms with E-state index in [1.807, 2.05) is 16.7 Å². The Hall–Kier alpha value is -1.84. The second-order valence-electron chi connectivity index (χ2n) is 4.41. The van der Waals surface area contributed by atoms with Crippen molar-refractivity contribution in [3.63, 3.8) is 0 Å². The zero-order valence-electron chi connectivity index (χ0n) is 9.99. The summed E-state index contributed by atoms with van der Waals surface area (Å²) in [4.78, 5) is 16.4. The molecule has 0 amide bonds. The van der Waals surface area contributed by atoms with E-state index in [1.165, 1.54) is 0 Å². The van der Waals surface area contributed by atoms with E-state index in [2.05, 4.69) is 4.98 Å². The third-order valence-electron chi connectivity index (χ3n) is 3.32. The molecule has 0 fully saturated rings. The summed E-state index contributed by atoms with van der Waals surface area (Å²) in [7, 11) is 1.65. The maximum Gasteiger partial charge on any atom is 0.272 e. The van der Waals surface area contributed by atoms with E-state index in [0.717, 1.165) is 41.7 Å². The van der Waals surface area contributed by atoms with E-state index in [1.54, 1.807) is 14.0 Å². The van der Waals surface area contributed by atoms with Gasteiger partial charge in [-0.3, -0.25) is 4.79 Å². The molecule has 0 radical (unpaired) electrons. The Bertz CT molecular complexity index is 658. The Morgan fingerprint density at radius 1 is 1.41 bits per heavy atom. The van der Waals surface area contributed by atoms with Gasteiger partial charge in [0.25, 0.3) is 5.56 Å². The van der Waals surface area contributed by atoms with Gasteiger partial charge < -0.3 is 9.30 Å². The smallest absolute Gasteiger partial charge is 0.272 e. The van der Waals surface area contributed by atoms with Gasteiger partial charge in [0.05, 0.1) is 18.1 Å². The highest BCUT2D eigenvalue weighted by atomic mass is 16.5. The number of nitrogens with zero attached hydrogens (tertiary/aromatic N) is 2. The van der Waals surface area contributed by atoms with Crippen LogP contribution >= 0.6 is 0 Å². The lowest BCUT2D eigenvalue weighted by Crippen LogP contribution is -2.27. The number of methoxy groups -OCH3 is 1. The van der Waals surface area contributed by atoms with Crippen LogP contribution in [0.25, 0.3) is 11.0 Å². The summed E-state index contributed by atoms with van der Waals surface area (Å²) in [6, 6.07) is 3.90. The third kappa shape index (κ3) is 1.44. The largest absolute Gasteiger partial charge is 0.497 e. The first kappa shape index (κ1) is 10.3. The van der Waals surface area contributed by atoms with Crippen LogP contribution in [0.5, 0.6) is 5.75 Å². The van der Waals surface area contributed by atoms with Crippen LogP contribution in [0.1, 0.15) is 17.7 Å². The van der Waals surface area contributed by atoms with Crippen molar-refractivity contribution in [2.24, 2.45) is 0 Å². The summed E-state index contributed by atoms with van der Waals surface area (Å²) in [5.41, 5.74) is 3.58. The van der Waals surface area contributed by atoms with E-state index in [4.69, 9.17) is 4.74 Å². The third-order valence-corrected chi connectivity index (χ3v) is 3.32. The van der Waals surface area contributed by atoms with Crippen molar-refractivity contribution in [2.75, 3.05) is 7.11 Å². The van der Waals surface area contributed by atoms with Crippen LogP contribution in [0.15, 0.2) is 16.9 Å². The molecule has 88 valence electrons. The van der Waals surface area contributed by atoms with E-state index in [0.29, 0.717) is 5.69 Å². The molecule has 0 unspecified atom stereocenters. The number of aromatic nitrogens is 2. The SMILES string of the molecule is COc1cc2c3c(c1)nc(C)c(=O)n3CCC2. The van der Waals surface area contributed by atoms with Crippen LogP contribution in [-0.2, 0) is 13.0 Å². The average molecular weight is 230 g/mol. The van der Waals surface area contributed by atoms with Crippen LogP contribution in [-0.4, -0.2) is 16.7 Å². The van der Waals surface area contributed by atoms with Crippen LogP contribution < -0.4 is 10.3 Å². The van der Waals surface area contributed by atoms with Gasteiger partial charge in [0.15, 0.2) is 0 Å². The van der Waals surface area contributed by atoms with E-state index in [-0.39, 0.29) is 5.56 Å². The molecule has 1 aromatic heterocycles. The van der Waals surface area contributed by atoms with Crippen LogP contribution in [0, 0.1) is 6.92 Å². The summed E-state index contributed by atoms with van der Waals surface area (Å²) in [5.74, 6) is 0.812. The summed E-state index contributed by atoms with van der Waals surface area (Å²) < 4.78 is 7.11. The minimum Gasteiger partial charge on any atom is -0.497 e. The van der Waals surface area contributed by atoms with Gasteiger partial charge in [0, 0.05) is 12.6 Å². The number of hydrogen-bond donors (Lipinski definition) is 0. The van der Waals surface area contributed by atoms with Gasteiger partial charge in [-0.25, -0.2) is 4.98 Å². The fraction of sp³-hybridized carbons (Fsp3) is 0.385. The lowest BCUT2D eigenvalue weighted by Gasteiger charge is -2.20. The molecular weight excluding hydrogens is 216 g/mol. The van der Waals surface area contributed by atoms with Gasteiger partial charge in [-0.05, 0) is 31.4 Å². The van der Waals surface area contributed by atoms with Crippen molar-refractivity contribution in [1.29, 1.82) is 0 Å². The maximum atomic E-state index is 12.0. The lowest BCUT2D eigenvalue weighted by molar-refractivity contribution is 0.414. The van der Waals surface area contributed by atoms with Gasteiger partial charge in [-0.15, -0.1) is 0 Å². The van der Waals surface area contributed by atoms with Crippen molar-refractivity contribution in [2.45, 2.75) is 26.3 Å². The van der Waals surface area contributed by atoms with Crippen molar-refractivity contribution >= 4 is 11.0 Å². The molecule has 1 aliphatic heterocycles.